The fraction of sp³-hybridized carbons (Fsp3) is 0.500. The van der Waals surface area contributed by atoms with Crippen molar-refractivity contribution < 1.29 is 8.83 Å². The van der Waals surface area contributed by atoms with Gasteiger partial charge in [-0.3, -0.25) is 4.90 Å². The minimum atomic E-state index is 0.323. The summed E-state index contributed by atoms with van der Waals surface area (Å²) in [6, 6.07) is 6.26. The first-order chi connectivity index (χ1) is 10.7. The molecule has 1 saturated heterocycles. The van der Waals surface area contributed by atoms with E-state index in [2.05, 4.69) is 34.7 Å². The maximum Gasteiger partial charge on any atom is 0.266 e. The summed E-state index contributed by atoms with van der Waals surface area (Å²) in [5, 5.41) is 9.30. The second-order valence-electron chi connectivity index (χ2n) is 5.54. The van der Waals surface area contributed by atoms with Gasteiger partial charge in [-0.2, -0.15) is 10.2 Å². The number of oxazole rings is 1. The maximum absolute atomic E-state index is 9.30. The fourth-order valence-electron chi connectivity index (χ4n) is 2.73. The third kappa shape index (κ3) is 2.72. The molecule has 0 spiro atoms. The van der Waals surface area contributed by atoms with Crippen molar-refractivity contribution in [2.75, 3.05) is 31.1 Å². The van der Waals surface area contributed by atoms with E-state index in [9.17, 15) is 5.26 Å². The van der Waals surface area contributed by atoms with Crippen LogP contribution in [0.5, 0.6) is 0 Å². The normalized spacial score (nSPS) is 17.4. The quantitative estimate of drug-likeness (QED) is 0.864. The van der Waals surface area contributed by atoms with Crippen molar-refractivity contribution in [1.82, 2.24) is 9.88 Å². The molecule has 0 saturated carbocycles. The van der Waals surface area contributed by atoms with E-state index in [1.54, 1.807) is 18.4 Å². The summed E-state index contributed by atoms with van der Waals surface area (Å²) in [5.74, 6) is 1.46. The van der Waals surface area contributed by atoms with E-state index in [0.29, 0.717) is 29.3 Å². The van der Waals surface area contributed by atoms with E-state index in [1.165, 1.54) is 0 Å². The first-order valence-corrected chi connectivity index (χ1v) is 7.66. The predicted molar refractivity (Wildman–Crippen MR) is 82.5 cm³/mol. The van der Waals surface area contributed by atoms with Crippen LogP contribution in [0.4, 0.5) is 5.88 Å². The molecule has 0 aliphatic carbocycles. The SMILES string of the molecule is CC[C@@H](C)N1CCN(c2oc(-c3ccco3)nc2C#N)CC1. The molecule has 2 aromatic heterocycles. The van der Waals surface area contributed by atoms with Gasteiger partial charge in [0.25, 0.3) is 5.89 Å². The molecule has 6 nitrogen and oxygen atoms in total. The van der Waals surface area contributed by atoms with Crippen LogP contribution >= 0.6 is 0 Å². The van der Waals surface area contributed by atoms with Gasteiger partial charge in [-0.25, -0.2) is 0 Å². The standard InChI is InChI=1S/C16H20N4O2/c1-3-12(2)19-6-8-20(9-7-19)16-13(11-17)18-15(22-16)14-5-4-10-21-14/h4-5,10,12H,3,6-9H2,1-2H3/t12-/m1/s1. The molecular weight excluding hydrogens is 280 g/mol. The summed E-state index contributed by atoms with van der Waals surface area (Å²) in [5.41, 5.74) is 0.323. The van der Waals surface area contributed by atoms with Gasteiger partial charge in [-0.15, -0.1) is 0 Å². The first-order valence-electron chi connectivity index (χ1n) is 7.66. The molecule has 1 fully saturated rings. The smallest absolute Gasteiger partial charge is 0.266 e. The molecule has 0 aromatic carbocycles. The number of aromatic nitrogens is 1. The van der Waals surface area contributed by atoms with Gasteiger partial charge in [-0.05, 0) is 25.5 Å². The summed E-state index contributed by atoms with van der Waals surface area (Å²) < 4.78 is 11.1. The minimum absolute atomic E-state index is 0.323. The lowest BCUT2D eigenvalue weighted by molar-refractivity contribution is 0.190. The summed E-state index contributed by atoms with van der Waals surface area (Å²) in [6.07, 6.45) is 2.71. The highest BCUT2D eigenvalue weighted by atomic mass is 16.4. The molecule has 0 radical (unpaired) electrons. The van der Waals surface area contributed by atoms with Crippen molar-refractivity contribution in [2.45, 2.75) is 26.3 Å². The topological polar surface area (TPSA) is 69.4 Å². The van der Waals surface area contributed by atoms with Crippen LogP contribution in [-0.2, 0) is 0 Å². The molecule has 6 heteroatoms. The molecule has 0 unspecified atom stereocenters. The van der Waals surface area contributed by atoms with Crippen molar-refractivity contribution in [3.8, 4) is 17.7 Å². The molecule has 1 aliphatic rings. The van der Waals surface area contributed by atoms with Crippen LogP contribution in [-0.4, -0.2) is 42.1 Å². The van der Waals surface area contributed by atoms with Crippen molar-refractivity contribution in [3.05, 3.63) is 24.1 Å². The highest BCUT2D eigenvalue weighted by molar-refractivity contribution is 5.55. The Labute approximate surface area is 129 Å². The Kier molecular flexibility index (Phi) is 4.16. The highest BCUT2D eigenvalue weighted by Crippen LogP contribution is 2.29. The van der Waals surface area contributed by atoms with Crippen molar-refractivity contribution >= 4 is 5.88 Å². The number of hydrogen-bond acceptors (Lipinski definition) is 6. The Balaban J connectivity index is 1.77. The van der Waals surface area contributed by atoms with Gasteiger partial charge in [0.2, 0.25) is 11.6 Å². The van der Waals surface area contributed by atoms with E-state index in [-0.39, 0.29) is 0 Å². The van der Waals surface area contributed by atoms with Gasteiger partial charge >= 0.3 is 0 Å². The molecule has 1 aliphatic heterocycles. The van der Waals surface area contributed by atoms with Crippen LogP contribution in [0.15, 0.2) is 27.2 Å². The molecule has 0 amide bonds. The summed E-state index contributed by atoms with van der Waals surface area (Å²) in [7, 11) is 0. The van der Waals surface area contributed by atoms with Crippen LogP contribution in [0, 0.1) is 11.3 Å². The average Bonchev–Trinajstić information content (AvgIpc) is 3.23. The third-order valence-electron chi connectivity index (χ3n) is 4.26. The fourth-order valence-corrected chi connectivity index (χ4v) is 2.73. The predicted octanol–water partition coefficient (Wildman–Crippen LogP) is 2.73. The van der Waals surface area contributed by atoms with Gasteiger partial charge in [-0.1, -0.05) is 6.92 Å². The van der Waals surface area contributed by atoms with E-state index in [4.69, 9.17) is 8.83 Å². The van der Waals surface area contributed by atoms with Gasteiger partial charge in [0, 0.05) is 32.2 Å². The third-order valence-corrected chi connectivity index (χ3v) is 4.26. The summed E-state index contributed by atoms with van der Waals surface area (Å²) in [4.78, 5) is 8.80. The molecule has 0 N–H and O–H groups in total. The van der Waals surface area contributed by atoms with Gasteiger partial charge in [0.15, 0.2) is 5.76 Å². The zero-order chi connectivity index (χ0) is 15.5. The van der Waals surface area contributed by atoms with Crippen LogP contribution in [0.3, 0.4) is 0 Å². The van der Waals surface area contributed by atoms with E-state index in [1.807, 2.05) is 0 Å². The Morgan fingerprint density at radius 1 is 1.36 bits per heavy atom. The Morgan fingerprint density at radius 2 is 2.14 bits per heavy atom. The Morgan fingerprint density at radius 3 is 2.73 bits per heavy atom. The lowest BCUT2D eigenvalue weighted by Gasteiger charge is -2.37. The van der Waals surface area contributed by atoms with Gasteiger partial charge in [0.05, 0.1) is 6.26 Å². The largest absolute Gasteiger partial charge is 0.459 e. The first kappa shape index (κ1) is 14.7. The van der Waals surface area contributed by atoms with Crippen molar-refractivity contribution in [1.29, 1.82) is 5.26 Å². The van der Waals surface area contributed by atoms with Crippen molar-refractivity contribution in [3.63, 3.8) is 0 Å². The monoisotopic (exact) mass is 300 g/mol. The molecular formula is C16H20N4O2. The van der Waals surface area contributed by atoms with E-state index < -0.39 is 0 Å². The Bertz CT molecular complexity index is 648. The number of piperazine rings is 1. The second kappa shape index (κ2) is 6.24. The summed E-state index contributed by atoms with van der Waals surface area (Å²) >= 11 is 0. The van der Waals surface area contributed by atoms with Crippen LogP contribution < -0.4 is 4.90 Å². The summed E-state index contributed by atoms with van der Waals surface area (Å²) in [6.45, 7) is 8.07. The number of rotatable bonds is 4. The number of furan rings is 1. The van der Waals surface area contributed by atoms with Crippen LogP contribution in [0.1, 0.15) is 26.0 Å². The van der Waals surface area contributed by atoms with Gasteiger partial charge < -0.3 is 13.7 Å². The molecule has 22 heavy (non-hydrogen) atoms. The highest BCUT2D eigenvalue weighted by Gasteiger charge is 2.26. The molecule has 3 rings (SSSR count). The molecule has 0 bridgehead atoms. The second-order valence-corrected chi connectivity index (χ2v) is 5.54. The average molecular weight is 300 g/mol. The van der Waals surface area contributed by atoms with Crippen molar-refractivity contribution in [2.24, 2.45) is 0 Å². The molecule has 2 aromatic rings. The van der Waals surface area contributed by atoms with E-state index >= 15 is 0 Å². The molecule has 116 valence electrons. The lowest BCUT2D eigenvalue weighted by atomic mass is 10.2. The van der Waals surface area contributed by atoms with Crippen LogP contribution in [0.25, 0.3) is 11.7 Å². The maximum atomic E-state index is 9.30. The number of nitrogens with zero attached hydrogens (tertiary/aromatic N) is 4. The number of hydrogen-bond donors (Lipinski definition) is 0. The minimum Gasteiger partial charge on any atom is -0.459 e. The van der Waals surface area contributed by atoms with Crippen LogP contribution in [0.2, 0.25) is 0 Å². The van der Waals surface area contributed by atoms with Gasteiger partial charge in [0.1, 0.15) is 6.07 Å². The number of anilines is 1. The lowest BCUT2D eigenvalue weighted by Crippen LogP contribution is -2.49. The molecule has 3 heterocycles. The molecule has 1 atom stereocenters. The van der Waals surface area contributed by atoms with E-state index in [0.717, 1.165) is 32.6 Å². The zero-order valence-corrected chi connectivity index (χ0v) is 13.0. The number of nitriles is 1. The zero-order valence-electron chi connectivity index (χ0n) is 13.0. The Hall–Kier alpha value is -2.26.